The van der Waals surface area contributed by atoms with Crippen LogP contribution in [0.3, 0.4) is 0 Å². The van der Waals surface area contributed by atoms with Crippen molar-refractivity contribution in [1.29, 1.82) is 0 Å². The van der Waals surface area contributed by atoms with Crippen LogP contribution in [0, 0.1) is 11.8 Å². The van der Waals surface area contributed by atoms with Gasteiger partial charge in [-0.05, 0) is 48.8 Å². The molecule has 0 heterocycles. The number of halogens is 4. The molecular formula is C16H20ClF3. The van der Waals surface area contributed by atoms with Gasteiger partial charge in [0, 0.05) is 5.38 Å². The fourth-order valence-corrected chi connectivity index (χ4v) is 3.30. The second kappa shape index (κ2) is 6.38. The molecule has 1 aromatic carbocycles. The Morgan fingerprint density at radius 3 is 2.15 bits per heavy atom. The minimum atomic E-state index is -4.27. The first kappa shape index (κ1) is 15.7. The molecule has 1 saturated carbocycles. The van der Waals surface area contributed by atoms with Gasteiger partial charge in [-0.1, -0.05) is 31.9 Å². The van der Waals surface area contributed by atoms with E-state index in [1.165, 1.54) is 12.8 Å². The molecule has 20 heavy (non-hydrogen) atoms. The zero-order valence-electron chi connectivity index (χ0n) is 11.6. The van der Waals surface area contributed by atoms with E-state index < -0.39 is 11.7 Å². The summed E-state index contributed by atoms with van der Waals surface area (Å²) in [5, 5.41) is 0.0271. The van der Waals surface area contributed by atoms with Gasteiger partial charge in [-0.2, -0.15) is 13.2 Å². The number of benzene rings is 1. The molecule has 0 aliphatic heterocycles. The fourth-order valence-electron chi connectivity index (χ4n) is 2.87. The normalized spacial score (nSPS) is 25.4. The van der Waals surface area contributed by atoms with Crippen molar-refractivity contribution in [3.05, 3.63) is 35.4 Å². The summed E-state index contributed by atoms with van der Waals surface area (Å²) in [5.41, 5.74) is 0.287. The first-order chi connectivity index (χ1) is 9.36. The summed E-state index contributed by atoms with van der Waals surface area (Å²) >= 11 is 6.45. The van der Waals surface area contributed by atoms with Crippen molar-refractivity contribution in [2.75, 3.05) is 0 Å². The van der Waals surface area contributed by atoms with Crippen LogP contribution in [0.4, 0.5) is 13.2 Å². The van der Waals surface area contributed by atoms with Crippen molar-refractivity contribution < 1.29 is 13.2 Å². The zero-order valence-corrected chi connectivity index (χ0v) is 12.3. The molecule has 1 fully saturated rings. The maximum absolute atomic E-state index is 12.5. The van der Waals surface area contributed by atoms with E-state index in [-0.39, 0.29) is 5.38 Å². The van der Waals surface area contributed by atoms with Crippen LogP contribution < -0.4 is 0 Å². The Bertz CT molecular complexity index is 416. The Morgan fingerprint density at radius 2 is 1.65 bits per heavy atom. The van der Waals surface area contributed by atoms with Crippen LogP contribution in [-0.4, -0.2) is 5.38 Å². The second-order valence-corrected chi connectivity index (χ2v) is 6.50. The lowest BCUT2D eigenvalue weighted by Gasteiger charge is -2.29. The molecule has 0 N–H and O–H groups in total. The van der Waals surface area contributed by atoms with E-state index in [9.17, 15) is 13.2 Å². The van der Waals surface area contributed by atoms with Crippen molar-refractivity contribution in [2.45, 2.75) is 50.6 Å². The van der Waals surface area contributed by atoms with Crippen molar-refractivity contribution in [3.8, 4) is 0 Å². The number of rotatable bonds is 3. The Hall–Kier alpha value is -0.700. The van der Waals surface area contributed by atoms with Gasteiger partial charge in [0.2, 0.25) is 0 Å². The summed E-state index contributed by atoms with van der Waals surface area (Å²) in [5.74, 6) is 1.27. The summed E-state index contributed by atoms with van der Waals surface area (Å²) in [7, 11) is 0. The van der Waals surface area contributed by atoms with E-state index in [2.05, 4.69) is 6.92 Å². The molecule has 2 rings (SSSR count). The second-order valence-electron chi connectivity index (χ2n) is 5.93. The van der Waals surface area contributed by atoms with Crippen LogP contribution in [0.5, 0.6) is 0 Å². The van der Waals surface area contributed by atoms with Crippen LogP contribution in [-0.2, 0) is 12.6 Å². The quantitative estimate of drug-likeness (QED) is 0.630. The molecule has 1 aromatic rings. The Labute approximate surface area is 123 Å². The van der Waals surface area contributed by atoms with Crippen molar-refractivity contribution in [2.24, 2.45) is 11.8 Å². The predicted octanol–water partition coefficient (Wildman–Crippen LogP) is 5.68. The molecule has 0 bridgehead atoms. The summed E-state index contributed by atoms with van der Waals surface area (Å²) in [4.78, 5) is 0. The van der Waals surface area contributed by atoms with Crippen LogP contribution in [0.1, 0.15) is 43.7 Å². The van der Waals surface area contributed by atoms with Crippen molar-refractivity contribution in [3.63, 3.8) is 0 Å². The van der Waals surface area contributed by atoms with Crippen LogP contribution in [0.15, 0.2) is 24.3 Å². The maximum Gasteiger partial charge on any atom is 0.416 e. The highest BCUT2D eigenvalue weighted by molar-refractivity contribution is 6.20. The third kappa shape index (κ3) is 4.15. The summed E-state index contributed by atoms with van der Waals surface area (Å²) in [6.45, 7) is 2.26. The topological polar surface area (TPSA) is 0 Å². The van der Waals surface area contributed by atoms with E-state index in [0.29, 0.717) is 12.3 Å². The minimum Gasteiger partial charge on any atom is -0.166 e. The van der Waals surface area contributed by atoms with Crippen molar-refractivity contribution in [1.82, 2.24) is 0 Å². The van der Waals surface area contributed by atoms with E-state index in [1.807, 2.05) is 0 Å². The third-order valence-electron chi connectivity index (χ3n) is 4.28. The molecule has 0 saturated heterocycles. The Morgan fingerprint density at radius 1 is 1.10 bits per heavy atom. The predicted molar refractivity (Wildman–Crippen MR) is 75.9 cm³/mol. The van der Waals surface area contributed by atoms with Gasteiger partial charge in [-0.15, -0.1) is 11.6 Å². The number of hydrogen-bond donors (Lipinski definition) is 0. The van der Waals surface area contributed by atoms with Gasteiger partial charge in [0.15, 0.2) is 0 Å². The summed E-state index contributed by atoms with van der Waals surface area (Å²) in [6, 6.07) is 5.37. The monoisotopic (exact) mass is 304 g/mol. The molecule has 0 spiro atoms. The third-order valence-corrected chi connectivity index (χ3v) is 4.79. The molecular weight excluding hydrogens is 285 g/mol. The lowest BCUT2D eigenvalue weighted by atomic mass is 9.80. The summed E-state index contributed by atoms with van der Waals surface area (Å²) in [6.07, 6.45) is 1.07. The maximum atomic E-state index is 12.5. The highest BCUT2D eigenvalue weighted by atomic mass is 35.5. The molecule has 0 amide bonds. The van der Waals surface area contributed by atoms with Crippen molar-refractivity contribution >= 4 is 11.6 Å². The highest BCUT2D eigenvalue weighted by Gasteiger charge is 2.30. The number of alkyl halides is 4. The molecule has 4 heteroatoms. The smallest absolute Gasteiger partial charge is 0.166 e. The zero-order chi connectivity index (χ0) is 14.8. The van der Waals surface area contributed by atoms with Gasteiger partial charge >= 0.3 is 6.18 Å². The first-order valence-corrected chi connectivity index (χ1v) is 7.60. The number of hydrogen-bond acceptors (Lipinski definition) is 0. The van der Waals surface area contributed by atoms with Crippen LogP contribution >= 0.6 is 11.6 Å². The van der Waals surface area contributed by atoms with Crippen LogP contribution in [0.25, 0.3) is 0 Å². The average Bonchev–Trinajstić information content (AvgIpc) is 2.39. The van der Waals surface area contributed by atoms with Gasteiger partial charge in [-0.3, -0.25) is 0 Å². The van der Waals surface area contributed by atoms with E-state index in [0.717, 1.165) is 36.5 Å². The SMILES string of the molecule is CC1CCC(C(Cl)Cc2ccc(C(F)(F)F)cc2)CC1. The lowest BCUT2D eigenvalue weighted by Crippen LogP contribution is -2.23. The van der Waals surface area contributed by atoms with Gasteiger partial charge in [0.25, 0.3) is 0 Å². The molecule has 1 unspecified atom stereocenters. The van der Waals surface area contributed by atoms with Gasteiger partial charge in [0.05, 0.1) is 5.56 Å². The standard InChI is InChI=1S/C16H20ClF3/c1-11-2-6-13(7-3-11)15(17)10-12-4-8-14(9-5-12)16(18,19)20/h4-5,8-9,11,13,15H,2-3,6-7,10H2,1H3. The van der Waals surface area contributed by atoms with Gasteiger partial charge in [0.1, 0.15) is 0 Å². The summed E-state index contributed by atoms with van der Waals surface area (Å²) < 4.78 is 37.5. The van der Waals surface area contributed by atoms with E-state index >= 15 is 0 Å². The molecule has 1 aliphatic carbocycles. The van der Waals surface area contributed by atoms with Gasteiger partial charge < -0.3 is 0 Å². The molecule has 1 atom stereocenters. The minimum absolute atomic E-state index is 0.0271. The average molecular weight is 305 g/mol. The largest absolute Gasteiger partial charge is 0.416 e. The fraction of sp³-hybridized carbons (Fsp3) is 0.625. The molecule has 112 valence electrons. The van der Waals surface area contributed by atoms with E-state index in [1.54, 1.807) is 12.1 Å². The Balaban J connectivity index is 1.93. The van der Waals surface area contributed by atoms with Gasteiger partial charge in [-0.25, -0.2) is 0 Å². The molecule has 0 radical (unpaired) electrons. The lowest BCUT2D eigenvalue weighted by molar-refractivity contribution is -0.137. The first-order valence-electron chi connectivity index (χ1n) is 7.16. The molecule has 0 aromatic heterocycles. The highest BCUT2D eigenvalue weighted by Crippen LogP contribution is 2.34. The van der Waals surface area contributed by atoms with E-state index in [4.69, 9.17) is 11.6 Å². The molecule has 0 nitrogen and oxygen atoms in total. The Kier molecular flexibility index (Phi) is 5.00. The van der Waals surface area contributed by atoms with Crippen LogP contribution in [0.2, 0.25) is 0 Å². The molecule has 1 aliphatic rings.